The molecular weight excluding hydrogens is 288 g/mol. The van der Waals surface area contributed by atoms with Crippen molar-refractivity contribution in [3.63, 3.8) is 0 Å². The van der Waals surface area contributed by atoms with Gasteiger partial charge in [0.1, 0.15) is 5.69 Å². The van der Waals surface area contributed by atoms with E-state index in [4.69, 9.17) is 9.66 Å². The monoisotopic (exact) mass is 304 g/mol. The van der Waals surface area contributed by atoms with Gasteiger partial charge in [0.05, 0.1) is 11.3 Å². The second-order valence-corrected chi connectivity index (χ2v) is 6.73. The minimum absolute atomic E-state index is 0.134. The van der Waals surface area contributed by atoms with E-state index in [-0.39, 0.29) is 30.1 Å². The first-order valence-corrected chi connectivity index (χ1v) is 7.73. The molecule has 1 heterocycles. The lowest BCUT2D eigenvalue weighted by Crippen LogP contribution is -2.31. The van der Waals surface area contributed by atoms with Crippen molar-refractivity contribution in [2.24, 2.45) is 0 Å². The fraction of sp³-hybridized carbons (Fsp3) is 0.636. The Morgan fingerprint density at radius 2 is 1.85 bits per heavy atom. The first-order valence-electron chi connectivity index (χ1n) is 6.22. The third-order valence-electron chi connectivity index (χ3n) is 3.79. The minimum atomic E-state index is -4.05. The summed E-state index contributed by atoms with van der Waals surface area (Å²) >= 11 is 0. The maximum absolute atomic E-state index is 12.0. The number of nitrogens with zero attached hydrogens (tertiary/aromatic N) is 1. The Balaban J connectivity index is 2.22. The zero-order valence-electron chi connectivity index (χ0n) is 10.9. The lowest BCUT2D eigenvalue weighted by atomic mass is 9.95. The number of H-pyrrole nitrogens is 1. The Labute approximate surface area is 115 Å². The van der Waals surface area contributed by atoms with Crippen LogP contribution in [0.1, 0.15) is 47.8 Å². The number of aromatic nitrogens is 2. The molecule has 1 saturated carbocycles. The molecule has 0 saturated heterocycles. The molecule has 0 spiro atoms. The molecule has 0 aliphatic heterocycles. The number of aromatic amines is 1. The highest BCUT2D eigenvalue weighted by molar-refractivity contribution is 7.86. The van der Waals surface area contributed by atoms with Gasteiger partial charge in [-0.1, -0.05) is 0 Å². The maximum Gasteiger partial charge on any atom is 0.354 e. The van der Waals surface area contributed by atoms with Crippen LogP contribution in [-0.4, -0.2) is 39.1 Å². The SMILES string of the molecule is Cc1c(C(=O)O)[nH]n(C2CCC(S(=O)(=O)O)CC2)c1=O. The molecule has 3 N–H and O–H groups in total. The second kappa shape index (κ2) is 5.06. The van der Waals surface area contributed by atoms with Crippen molar-refractivity contribution in [2.45, 2.75) is 43.9 Å². The van der Waals surface area contributed by atoms with E-state index in [2.05, 4.69) is 5.10 Å². The van der Waals surface area contributed by atoms with Crippen LogP contribution in [0.4, 0.5) is 0 Å². The van der Waals surface area contributed by atoms with Crippen molar-refractivity contribution >= 4 is 16.1 Å². The second-order valence-electron chi connectivity index (χ2n) is 5.04. The average molecular weight is 304 g/mol. The summed E-state index contributed by atoms with van der Waals surface area (Å²) in [4.78, 5) is 22.9. The van der Waals surface area contributed by atoms with E-state index in [1.54, 1.807) is 0 Å². The van der Waals surface area contributed by atoms with Crippen LogP contribution < -0.4 is 5.56 Å². The number of carboxylic acid groups (broad SMARTS) is 1. The lowest BCUT2D eigenvalue weighted by molar-refractivity contribution is 0.0688. The molecule has 0 aromatic carbocycles. The Morgan fingerprint density at radius 3 is 2.25 bits per heavy atom. The van der Waals surface area contributed by atoms with Gasteiger partial charge in [0.2, 0.25) is 0 Å². The molecule has 1 aliphatic carbocycles. The van der Waals surface area contributed by atoms with Crippen molar-refractivity contribution in [1.29, 1.82) is 0 Å². The van der Waals surface area contributed by atoms with E-state index in [1.165, 1.54) is 11.6 Å². The maximum atomic E-state index is 12.0. The summed E-state index contributed by atoms with van der Waals surface area (Å²) < 4.78 is 32.3. The first kappa shape index (κ1) is 14.8. The van der Waals surface area contributed by atoms with Gasteiger partial charge < -0.3 is 5.11 Å². The van der Waals surface area contributed by atoms with Crippen molar-refractivity contribution in [1.82, 2.24) is 9.78 Å². The quantitative estimate of drug-likeness (QED) is 0.699. The minimum Gasteiger partial charge on any atom is -0.477 e. The Hall–Kier alpha value is -1.61. The van der Waals surface area contributed by atoms with E-state index >= 15 is 0 Å². The van der Waals surface area contributed by atoms with Crippen LogP contribution in [0.2, 0.25) is 0 Å². The molecule has 0 amide bonds. The summed E-state index contributed by atoms with van der Waals surface area (Å²) in [5.74, 6) is -1.20. The molecule has 1 aromatic heterocycles. The molecular formula is C11H16N2O6S. The average Bonchev–Trinajstić information content (AvgIpc) is 2.66. The van der Waals surface area contributed by atoms with Crippen LogP contribution in [0.25, 0.3) is 0 Å². The number of carbonyl (C=O) groups is 1. The van der Waals surface area contributed by atoms with E-state index < -0.39 is 26.9 Å². The topological polar surface area (TPSA) is 129 Å². The summed E-state index contributed by atoms with van der Waals surface area (Å²) in [5, 5.41) is 10.7. The van der Waals surface area contributed by atoms with Gasteiger partial charge in [0.15, 0.2) is 0 Å². The molecule has 1 aromatic rings. The molecule has 0 unspecified atom stereocenters. The number of aromatic carboxylic acids is 1. The zero-order chi connectivity index (χ0) is 15.1. The van der Waals surface area contributed by atoms with Crippen LogP contribution >= 0.6 is 0 Å². The van der Waals surface area contributed by atoms with Crippen LogP contribution in [-0.2, 0) is 10.1 Å². The highest BCUT2D eigenvalue weighted by atomic mass is 32.2. The van der Waals surface area contributed by atoms with Crippen LogP contribution in [0.3, 0.4) is 0 Å². The third kappa shape index (κ3) is 2.63. The van der Waals surface area contributed by atoms with E-state index in [0.717, 1.165) is 0 Å². The molecule has 8 nitrogen and oxygen atoms in total. The predicted octanol–water partition coefficient (Wildman–Crippen LogP) is 0.555. The Bertz CT molecular complexity index is 678. The highest BCUT2D eigenvalue weighted by Gasteiger charge is 2.31. The van der Waals surface area contributed by atoms with Gasteiger partial charge in [-0.05, 0) is 32.6 Å². The number of rotatable bonds is 3. The number of hydrogen-bond donors (Lipinski definition) is 3. The van der Waals surface area contributed by atoms with Gasteiger partial charge in [0, 0.05) is 5.56 Å². The molecule has 0 radical (unpaired) electrons. The summed E-state index contributed by atoms with van der Waals surface area (Å²) in [6.07, 6.45) is 1.28. The summed E-state index contributed by atoms with van der Waals surface area (Å²) in [6.45, 7) is 1.43. The molecule has 1 fully saturated rings. The fourth-order valence-electron chi connectivity index (χ4n) is 2.61. The van der Waals surface area contributed by atoms with Crippen LogP contribution in [0.5, 0.6) is 0 Å². The number of hydrogen-bond acceptors (Lipinski definition) is 4. The van der Waals surface area contributed by atoms with Crippen LogP contribution in [0.15, 0.2) is 4.79 Å². The van der Waals surface area contributed by atoms with Crippen molar-refractivity contribution < 1.29 is 22.9 Å². The number of carboxylic acids is 1. The van der Waals surface area contributed by atoms with Gasteiger partial charge in [-0.2, -0.15) is 8.42 Å². The van der Waals surface area contributed by atoms with Gasteiger partial charge in [0.25, 0.3) is 15.7 Å². The predicted molar refractivity (Wildman–Crippen MR) is 69.6 cm³/mol. The smallest absolute Gasteiger partial charge is 0.354 e. The third-order valence-corrected chi connectivity index (χ3v) is 5.10. The normalized spacial score (nSPS) is 23.7. The number of nitrogens with one attached hydrogen (secondary N) is 1. The van der Waals surface area contributed by atoms with Gasteiger partial charge in [-0.25, -0.2) is 9.48 Å². The van der Waals surface area contributed by atoms with Gasteiger partial charge in [-0.3, -0.25) is 14.4 Å². The standard InChI is InChI=1S/C11H16N2O6S/c1-6-9(11(15)16)12-13(10(6)14)7-2-4-8(5-3-7)20(17,18)19/h7-8,12H,2-5H2,1H3,(H,15,16)(H,17,18,19). The van der Waals surface area contributed by atoms with E-state index in [1.807, 2.05) is 0 Å². The molecule has 9 heteroatoms. The summed E-state index contributed by atoms with van der Waals surface area (Å²) in [5.41, 5.74) is -0.418. The summed E-state index contributed by atoms with van der Waals surface area (Å²) in [7, 11) is -4.05. The molecule has 0 atom stereocenters. The lowest BCUT2D eigenvalue weighted by Gasteiger charge is -2.26. The largest absolute Gasteiger partial charge is 0.477 e. The van der Waals surface area contributed by atoms with Crippen molar-refractivity contribution in [3.05, 3.63) is 21.6 Å². The fourth-order valence-corrected chi connectivity index (χ4v) is 3.48. The molecule has 2 rings (SSSR count). The molecule has 112 valence electrons. The molecule has 20 heavy (non-hydrogen) atoms. The van der Waals surface area contributed by atoms with Crippen molar-refractivity contribution in [3.8, 4) is 0 Å². The molecule has 0 bridgehead atoms. The first-order chi connectivity index (χ1) is 9.21. The summed E-state index contributed by atoms with van der Waals surface area (Å²) in [6, 6.07) is -0.271. The molecule has 1 aliphatic rings. The Morgan fingerprint density at radius 1 is 1.30 bits per heavy atom. The van der Waals surface area contributed by atoms with Crippen molar-refractivity contribution in [2.75, 3.05) is 0 Å². The van der Waals surface area contributed by atoms with E-state index in [9.17, 15) is 18.0 Å². The van der Waals surface area contributed by atoms with Crippen LogP contribution in [0, 0.1) is 6.92 Å². The van der Waals surface area contributed by atoms with Gasteiger partial charge in [-0.15, -0.1) is 0 Å². The van der Waals surface area contributed by atoms with E-state index in [0.29, 0.717) is 12.8 Å². The highest BCUT2D eigenvalue weighted by Crippen LogP contribution is 2.30. The van der Waals surface area contributed by atoms with Gasteiger partial charge >= 0.3 is 5.97 Å². The Kier molecular flexibility index (Phi) is 3.74. The zero-order valence-corrected chi connectivity index (χ0v) is 11.7.